The van der Waals surface area contributed by atoms with Gasteiger partial charge in [0.25, 0.3) is 5.91 Å². The highest BCUT2D eigenvalue weighted by molar-refractivity contribution is 5.99. The zero-order chi connectivity index (χ0) is 17.1. The third-order valence-electron chi connectivity index (χ3n) is 4.83. The van der Waals surface area contributed by atoms with Crippen molar-refractivity contribution < 1.29 is 13.9 Å². The molecule has 0 bridgehead atoms. The number of carbonyl (C=O) groups is 1. The van der Waals surface area contributed by atoms with Crippen molar-refractivity contribution in [3.8, 4) is 5.75 Å². The maximum atomic E-state index is 12.6. The molecule has 0 spiro atoms. The van der Waals surface area contributed by atoms with E-state index in [1.54, 1.807) is 6.26 Å². The van der Waals surface area contributed by atoms with Crippen LogP contribution in [0.4, 0.5) is 0 Å². The Balaban J connectivity index is 1.44. The van der Waals surface area contributed by atoms with Crippen LogP contribution in [0.3, 0.4) is 0 Å². The molecule has 2 aliphatic heterocycles. The molecule has 0 saturated carbocycles. The highest BCUT2D eigenvalue weighted by Gasteiger charge is 2.26. The largest absolute Gasteiger partial charge is 0.488 e. The molecular formula is C20H22N2O3. The molecule has 1 amide bonds. The first-order valence-electron chi connectivity index (χ1n) is 8.79. The van der Waals surface area contributed by atoms with E-state index in [1.807, 2.05) is 42.5 Å². The summed E-state index contributed by atoms with van der Waals surface area (Å²) in [4.78, 5) is 15.0. The number of hydrogen-bond acceptors (Lipinski definition) is 4. The van der Waals surface area contributed by atoms with Gasteiger partial charge in [0.15, 0.2) is 0 Å². The minimum absolute atomic E-state index is 0.0785. The Morgan fingerprint density at radius 3 is 2.80 bits per heavy atom. The molecule has 1 saturated heterocycles. The van der Waals surface area contributed by atoms with E-state index in [9.17, 15) is 4.79 Å². The van der Waals surface area contributed by atoms with Crippen LogP contribution in [0.2, 0.25) is 0 Å². The van der Waals surface area contributed by atoms with Crippen LogP contribution in [-0.2, 0) is 4.79 Å². The van der Waals surface area contributed by atoms with E-state index in [1.165, 1.54) is 12.8 Å². The summed E-state index contributed by atoms with van der Waals surface area (Å²) < 4.78 is 11.3. The first kappa shape index (κ1) is 16.0. The van der Waals surface area contributed by atoms with Crippen molar-refractivity contribution in [1.29, 1.82) is 0 Å². The van der Waals surface area contributed by atoms with Gasteiger partial charge < -0.3 is 14.5 Å². The van der Waals surface area contributed by atoms with Crippen LogP contribution in [0.15, 0.2) is 52.7 Å². The van der Waals surface area contributed by atoms with Crippen molar-refractivity contribution >= 4 is 12.0 Å². The lowest BCUT2D eigenvalue weighted by molar-refractivity contribution is -0.118. The summed E-state index contributed by atoms with van der Waals surface area (Å²) in [5, 5.41) is 3.06. The summed E-state index contributed by atoms with van der Waals surface area (Å²) >= 11 is 0. The van der Waals surface area contributed by atoms with Gasteiger partial charge in [-0.1, -0.05) is 18.2 Å². The Morgan fingerprint density at radius 1 is 1.16 bits per heavy atom. The Bertz CT molecular complexity index is 761. The maximum Gasteiger partial charge on any atom is 0.250 e. The Hall–Kier alpha value is -2.53. The normalized spacial score (nSPS) is 18.2. The molecule has 4 rings (SSSR count). The summed E-state index contributed by atoms with van der Waals surface area (Å²) in [6.07, 6.45) is 5.99. The average molecular weight is 338 g/mol. The Morgan fingerprint density at radius 2 is 2.00 bits per heavy atom. The molecule has 1 aromatic heterocycles. The predicted molar refractivity (Wildman–Crippen MR) is 95.2 cm³/mol. The first-order valence-corrected chi connectivity index (χ1v) is 8.79. The molecule has 2 aliphatic rings. The number of carbonyl (C=O) groups excluding carboxylic acids is 1. The minimum Gasteiger partial charge on any atom is -0.488 e. The van der Waals surface area contributed by atoms with Crippen molar-refractivity contribution in [3.63, 3.8) is 0 Å². The molecule has 130 valence electrons. The molecule has 5 heteroatoms. The van der Waals surface area contributed by atoms with Gasteiger partial charge in [0.2, 0.25) is 0 Å². The maximum absolute atomic E-state index is 12.6. The topological polar surface area (TPSA) is 54.7 Å². The molecule has 2 aromatic rings. The van der Waals surface area contributed by atoms with Crippen LogP contribution in [0.25, 0.3) is 6.08 Å². The van der Waals surface area contributed by atoms with Crippen LogP contribution in [0, 0.1) is 0 Å². The summed E-state index contributed by atoms with van der Waals surface area (Å²) in [6, 6.07) is 11.7. The van der Waals surface area contributed by atoms with Crippen LogP contribution in [0.1, 0.15) is 30.2 Å². The molecule has 0 radical (unpaired) electrons. The molecule has 3 heterocycles. The SMILES string of the molecule is O=C(NC[C@@H](c1ccco1)N1CCCC1)C1=Cc2ccccc2OC1. The molecule has 0 aliphatic carbocycles. The molecular weight excluding hydrogens is 316 g/mol. The van der Waals surface area contributed by atoms with Crippen molar-refractivity contribution in [1.82, 2.24) is 10.2 Å². The van der Waals surface area contributed by atoms with E-state index in [0.29, 0.717) is 18.7 Å². The number of likely N-dealkylation sites (tertiary alicyclic amines) is 1. The zero-order valence-electron chi connectivity index (χ0n) is 14.1. The predicted octanol–water partition coefficient (Wildman–Crippen LogP) is 3.01. The quantitative estimate of drug-likeness (QED) is 0.910. The first-order chi connectivity index (χ1) is 12.3. The number of rotatable bonds is 5. The van der Waals surface area contributed by atoms with Crippen LogP contribution in [0.5, 0.6) is 5.75 Å². The van der Waals surface area contributed by atoms with Gasteiger partial charge in [0.05, 0.1) is 17.9 Å². The van der Waals surface area contributed by atoms with Crippen LogP contribution in [-0.4, -0.2) is 37.0 Å². The molecule has 1 atom stereocenters. The second-order valence-electron chi connectivity index (χ2n) is 6.48. The fourth-order valence-electron chi connectivity index (χ4n) is 3.49. The summed E-state index contributed by atoms with van der Waals surface area (Å²) in [7, 11) is 0. The molecule has 0 unspecified atom stereocenters. The van der Waals surface area contributed by atoms with Gasteiger partial charge in [-0.3, -0.25) is 9.69 Å². The van der Waals surface area contributed by atoms with E-state index >= 15 is 0 Å². The van der Waals surface area contributed by atoms with Crippen molar-refractivity contribution in [2.75, 3.05) is 26.2 Å². The number of benzene rings is 1. The van der Waals surface area contributed by atoms with Crippen LogP contribution < -0.4 is 10.1 Å². The Kier molecular flexibility index (Phi) is 4.57. The van der Waals surface area contributed by atoms with E-state index in [0.717, 1.165) is 30.2 Å². The number of para-hydroxylation sites is 1. The third-order valence-corrected chi connectivity index (χ3v) is 4.83. The highest BCUT2D eigenvalue weighted by atomic mass is 16.5. The van der Waals surface area contributed by atoms with E-state index in [4.69, 9.17) is 9.15 Å². The fraction of sp³-hybridized carbons (Fsp3) is 0.350. The number of nitrogens with zero attached hydrogens (tertiary/aromatic N) is 1. The second kappa shape index (κ2) is 7.15. The Labute approximate surface area is 147 Å². The number of fused-ring (bicyclic) bond motifs is 1. The molecule has 5 nitrogen and oxygen atoms in total. The number of ether oxygens (including phenoxy) is 1. The zero-order valence-corrected chi connectivity index (χ0v) is 14.1. The van der Waals surface area contributed by atoms with Gasteiger partial charge >= 0.3 is 0 Å². The van der Waals surface area contributed by atoms with Gasteiger partial charge in [0, 0.05) is 12.1 Å². The van der Waals surface area contributed by atoms with Gasteiger partial charge in [-0.15, -0.1) is 0 Å². The van der Waals surface area contributed by atoms with Crippen molar-refractivity contribution in [2.45, 2.75) is 18.9 Å². The van der Waals surface area contributed by atoms with Crippen molar-refractivity contribution in [2.24, 2.45) is 0 Å². The molecule has 1 aromatic carbocycles. The number of amides is 1. The molecule has 1 fully saturated rings. The van der Waals surface area contributed by atoms with E-state index < -0.39 is 0 Å². The minimum atomic E-state index is -0.0785. The van der Waals surface area contributed by atoms with E-state index in [-0.39, 0.29) is 11.9 Å². The second-order valence-corrected chi connectivity index (χ2v) is 6.48. The fourth-order valence-corrected chi connectivity index (χ4v) is 3.49. The van der Waals surface area contributed by atoms with Crippen LogP contribution >= 0.6 is 0 Å². The number of furan rings is 1. The van der Waals surface area contributed by atoms with Gasteiger partial charge in [-0.25, -0.2) is 0 Å². The molecule has 1 N–H and O–H groups in total. The lowest BCUT2D eigenvalue weighted by atomic mass is 10.1. The summed E-state index contributed by atoms with van der Waals surface area (Å²) in [6.45, 7) is 2.92. The monoisotopic (exact) mass is 338 g/mol. The number of nitrogens with one attached hydrogen (secondary N) is 1. The summed E-state index contributed by atoms with van der Waals surface area (Å²) in [5.74, 6) is 1.65. The lowest BCUT2D eigenvalue weighted by Gasteiger charge is -2.26. The van der Waals surface area contributed by atoms with E-state index in [2.05, 4.69) is 10.2 Å². The van der Waals surface area contributed by atoms with Gasteiger partial charge in [-0.05, 0) is 50.2 Å². The highest BCUT2D eigenvalue weighted by Crippen LogP contribution is 2.27. The van der Waals surface area contributed by atoms with Gasteiger partial charge in [0.1, 0.15) is 18.1 Å². The summed E-state index contributed by atoms with van der Waals surface area (Å²) in [5.41, 5.74) is 1.60. The third kappa shape index (κ3) is 3.46. The standard InChI is InChI=1S/C20H22N2O3/c23-20(16-12-15-6-1-2-7-18(15)25-14-16)21-13-17(19-8-5-11-24-19)22-9-3-4-10-22/h1-2,5-8,11-12,17H,3-4,9-10,13-14H2,(H,21,23)/t17-/m0/s1. The van der Waals surface area contributed by atoms with Crippen molar-refractivity contribution in [3.05, 3.63) is 59.6 Å². The van der Waals surface area contributed by atoms with Gasteiger partial charge in [-0.2, -0.15) is 0 Å². The average Bonchev–Trinajstić information content (AvgIpc) is 3.36. The molecule has 25 heavy (non-hydrogen) atoms. The number of hydrogen-bond donors (Lipinski definition) is 1. The smallest absolute Gasteiger partial charge is 0.250 e. The lowest BCUT2D eigenvalue weighted by Crippen LogP contribution is -2.38.